The summed E-state index contributed by atoms with van der Waals surface area (Å²) >= 11 is 6.48. The SMILES string of the molecule is C=CNC(Cc1ccc(Cl)c2c1CC(CNC)CC2)C(C)(C)C. The predicted octanol–water partition coefficient (Wildman–Crippen LogP) is 4.35. The molecule has 128 valence electrons. The molecule has 1 aromatic rings. The Balaban J connectivity index is 2.30. The molecule has 23 heavy (non-hydrogen) atoms. The normalized spacial score (nSPS) is 19.1. The van der Waals surface area contributed by atoms with Crippen molar-refractivity contribution in [3.05, 3.63) is 46.6 Å². The fourth-order valence-corrected chi connectivity index (χ4v) is 3.88. The first-order valence-electron chi connectivity index (χ1n) is 8.67. The van der Waals surface area contributed by atoms with Gasteiger partial charge in [-0.15, -0.1) is 0 Å². The molecule has 0 heterocycles. The lowest BCUT2D eigenvalue weighted by Crippen LogP contribution is -2.39. The van der Waals surface area contributed by atoms with E-state index in [0.29, 0.717) is 12.0 Å². The van der Waals surface area contributed by atoms with Crippen molar-refractivity contribution in [3.63, 3.8) is 0 Å². The number of halogens is 1. The third-order valence-corrected chi connectivity index (χ3v) is 5.40. The van der Waals surface area contributed by atoms with E-state index in [1.807, 2.05) is 13.2 Å². The summed E-state index contributed by atoms with van der Waals surface area (Å²) in [5.74, 6) is 0.713. The summed E-state index contributed by atoms with van der Waals surface area (Å²) in [7, 11) is 2.04. The Morgan fingerprint density at radius 1 is 1.35 bits per heavy atom. The molecule has 2 rings (SSSR count). The lowest BCUT2D eigenvalue weighted by atomic mass is 9.77. The Morgan fingerprint density at radius 3 is 2.70 bits per heavy atom. The maximum absolute atomic E-state index is 6.48. The average Bonchev–Trinajstić information content (AvgIpc) is 2.48. The molecule has 1 aromatic carbocycles. The second-order valence-corrected chi connectivity index (χ2v) is 8.23. The quantitative estimate of drug-likeness (QED) is 0.808. The molecule has 1 aliphatic carbocycles. The van der Waals surface area contributed by atoms with Crippen LogP contribution in [-0.2, 0) is 19.3 Å². The first-order chi connectivity index (χ1) is 10.9. The summed E-state index contributed by atoms with van der Waals surface area (Å²) in [4.78, 5) is 0. The lowest BCUT2D eigenvalue weighted by molar-refractivity contribution is 0.286. The third-order valence-electron chi connectivity index (χ3n) is 5.05. The van der Waals surface area contributed by atoms with Crippen molar-refractivity contribution < 1.29 is 0 Å². The van der Waals surface area contributed by atoms with Gasteiger partial charge in [0.1, 0.15) is 0 Å². The summed E-state index contributed by atoms with van der Waals surface area (Å²) in [6.07, 6.45) is 6.30. The van der Waals surface area contributed by atoms with Gasteiger partial charge in [0.2, 0.25) is 0 Å². The zero-order chi connectivity index (χ0) is 17.0. The summed E-state index contributed by atoms with van der Waals surface area (Å²) in [6.45, 7) is 11.8. The second-order valence-electron chi connectivity index (χ2n) is 7.82. The van der Waals surface area contributed by atoms with E-state index in [2.05, 4.69) is 50.1 Å². The maximum Gasteiger partial charge on any atom is 0.0440 e. The average molecular weight is 335 g/mol. The number of hydrogen-bond acceptors (Lipinski definition) is 2. The zero-order valence-corrected chi connectivity index (χ0v) is 15.8. The van der Waals surface area contributed by atoms with E-state index in [4.69, 9.17) is 11.6 Å². The van der Waals surface area contributed by atoms with E-state index in [-0.39, 0.29) is 5.41 Å². The van der Waals surface area contributed by atoms with Crippen molar-refractivity contribution in [1.29, 1.82) is 0 Å². The number of benzene rings is 1. The largest absolute Gasteiger partial charge is 0.388 e. The highest BCUT2D eigenvalue weighted by atomic mass is 35.5. The van der Waals surface area contributed by atoms with Gasteiger partial charge in [-0.2, -0.15) is 0 Å². The molecule has 1 aliphatic rings. The van der Waals surface area contributed by atoms with E-state index in [0.717, 1.165) is 30.8 Å². The van der Waals surface area contributed by atoms with Crippen LogP contribution in [0, 0.1) is 11.3 Å². The Kier molecular flexibility index (Phi) is 6.16. The number of fused-ring (bicyclic) bond motifs is 1. The summed E-state index contributed by atoms with van der Waals surface area (Å²) in [6, 6.07) is 4.68. The smallest absolute Gasteiger partial charge is 0.0440 e. The number of rotatable bonds is 6. The van der Waals surface area contributed by atoms with Crippen LogP contribution in [0.2, 0.25) is 5.02 Å². The maximum atomic E-state index is 6.48. The highest BCUT2D eigenvalue weighted by Gasteiger charge is 2.27. The molecule has 0 amide bonds. The van der Waals surface area contributed by atoms with Gasteiger partial charge in [-0.25, -0.2) is 0 Å². The van der Waals surface area contributed by atoms with Crippen molar-refractivity contribution in [2.24, 2.45) is 11.3 Å². The molecule has 0 aromatic heterocycles. The predicted molar refractivity (Wildman–Crippen MR) is 101 cm³/mol. The molecule has 0 radical (unpaired) electrons. The molecule has 2 nitrogen and oxygen atoms in total. The van der Waals surface area contributed by atoms with Gasteiger partial charge in [-0.3, -0.25) is 0 Å². The molecule has 2 atom stereocenters. The molecular weight excluding hydrogens is 304 g/mol. The summed E-state index contributed by atoms with van der Waals surface area (Å²) < 4.78 is 0. The number of nitrogens with one attached hydrogen (secondary N) is 2. The van der Waals surface area contributed by atoms with Gasteiger partial charge in [-0.1, -0.05) is 45.0 Å². The fraction of sp³-hybridized carbons (Fsp3) is 0.600. The van der Waals surface area contributed by atoms with Crippen molar-refractivity contribution in [1.82, 2.24) is 10.6 Å². The first-order valence-corrected chi connectivity index (χ1v) is 9.05. The van der Waals surface area contributed by atoms with Crippen LogP contribution in [-0.4, -0.2) is 19.6 Å². The fourth-order valence-electron chi connectivity index (χ4n) is 3.61. The highest BCUT2D eigenvalue weighted by molar-refractivity contribution is 6.31. The van der Waals surface area contributed by atoms with Crippen LogP contribution < -0.4 is 10.6 Å². The van der Waals surface area contributed by atoms with Crippen LogP contribution in [0.4, 0.5) is 0 Å². The molecule has 0 saturated carbocycles. The molecule has 0 spiro atoms. The van der Waals surface area contributed by atoms with Crippen LogP contribution in [0.3, 0.4) is 0 Å². The molecule has 0 bridgehead atoms. The van der Waals surface area contributed by atoms with Crippen molar-refractivity contribution in [2.75, 3.05) is 13.6 Å². The van der Waals surface area contributed by atoms with Crippen LogP contribution in [0.25, 0.3) is 0 Å². The van der Waals surface area contributed by atoms with E-state index in [9.17, 15) is 0 Å². The molecule has 0 aliphatic heterocycles. The summed E-state index contributed by atoms with van der Waals surface area (Å²) in [5, 5.41) is 7.72. The van der Waals surface area contributed by atoms with Gasteiger partial charge in [0.05, 0.1) is 0 Å². The minimum atomic E-state index is 0.180. The Bertz CT molecular complexity index is 545. The van der Waals surface area contributed by atoms with E-state index < -0.39 is 0 Å². The van der Waals surface area contributed by atoms with E-state index >= 15 is 0 Å². The summed E-state index contributed by atoms with van der Waals surface area (Å²) in [5.41, 5.74) is 4.49. The van der Waals surface area contributed by atoms with Crippen molar-refractivity contribution >= 4 is 11.6 Å². The Labute approximate surface area is 146 Å². The van der Waals surface area contributed by atoms with Crippen LogP contribution in [0.15, 0.2) is 24.9 Å². The van der Waals surface area contributed by atoms with Gasteiger partial charge >= 0.3 is 0 Å². The minimum Gasteiger partial charge on any atom is -0.388 e. The van der Waals surface area contributed by atoms with Crippen LogP contribution in [0.1, 0.15) is 43.9 Å². The van der Waals surface area contributed by atoms with Gasteiger partial charge in [0.15, 0.2) is 0 Å². The Hall–Kier alpha value is -0.990. The Morgan fingerprint density at radius 2 is 2.09 bits per heavy atom. The second kappa shape index (κ2) is 7.72. The van der Waals surface area contributed by atoms with Crippen molar-refractivity contribution in [2.45, 2.75) is 52.5 Å². The molecular formula is C20H31ClN2. The van der Waals surface area contributed by atoms with Crippen LogP contribution >= 0.6 is 11.6 Å². The highest BCUT2D eigenvalue weighted by Crippen LogP contribution is 2.34. The third kappa shape index (κ3) is 4.51. The van der Waals surface area contributed by atoms with Crippen molar-refractivity contribution in [3.8, 4) is 0 Å². The number of hydrogen-bond donors (Lipinski definition) is 2. The topological polar surface area (TPSA) is 24.1 Å². The van der Waals surface area contributed by atoms with Gasteiger partial charge in [-0.05, 0) is 79.6 Å². The van der Waals surface area contributed by atoms with Crippen LogP contribution in [0.5, 0.6) is 0 Å². The first kappa shape index (κ1) is 18.4. The van der Waals surface area contributed by atoms with E-state index in [1.165, 1.54) is 23.1 Å². The molecule has 0 fully saturated rings. The minimum absolute atomic E-state index is 0.180. The molecule has 2 N–H and O–H groups in total. The zero-order valence-electron chi connectivity index (χ0n) is 15.0. The van der Waals surface area contributed by atoms with Gasteiger partial charge in [0, 0.05) is 11.1 Å². The monoisotopic (exact) mass is 334 g/mol. The van der Waals surface area contributed by atoms with E-state index in [1.54, 1.807) is 0 Å². The molecule has 2 unspecified atom stereocenters. The molecule has 3 heteroatoms. The lowest BCUT2D eigenvalue weighted by Gasteiger charge is -2.33. The van der Waals surface area contributed by atoms with Gasteiger partial charge in [0.25, 0.3) is 0 Å². The standard InChI is InChI=1S/C20H31ClN2/c1-6-23-19(20(2,3)4)12-15-8-10-18(21)16-9-7-14(13-22-5)11-17(15)16/h6,8,10,14,19,22-23H,1,7,9,11-13H2,2-5H3. The van der Waals surface area contributed by atoms with Gasteiger partial charge < -0.3 is 10.6 Å². The molecule has 0 saturated heterocycles.